The van der Waals surface area contributed by atoms with E-state index in [-0.39, 0.29) is 6.04 Å². The number of carboxylic acids is 1. The standard InChI is InChI=1S/C18H25NO4/c1-2-3-4-5-9-12-15-16(17(20)21)23-18(22)19(15)13-14-10-7-6-8-11-14/h6-8,10-11,15-16H,2-5,9,12-13H2,1H3,(H,20,21)/t15-,16+/m1/s1. The van der Waals surface area contributed by atoms with Gasteiger partial charge in [0.1, 0.15) is 0 Å². The molecule has 2 rings (SSSR count). The number of cyclic esters (lactones) is 1. The first-order chi connectivity index (χ1) is 11.1. The van der Waals surface area contributed by atoms with Crippen LogP contribution in [0.1, 0.15) is 51.0 Å². The van der Waals surface area contributed by atoms with E-state index in [1.807, 2.05) is 30.3 Å². The summed E-state index contributed by atoms with van der Waals surface area (Å²) in [6.45, 7) is 2.55. The summed E-state index contributed by atoms with van der Waals surface area (Å²) >= 11 is 0. The first-order valence-corrected chi connectivity index (χ1v) is 8.37. The zero-order valence-corrected chi connectivity index (χ0v) is 13.6. The maximum atomic E-state index is 12.1. The normalized spacial score (nSPS) is 20.6. The van der Waals surface area contributed by atoms with Crippen molar-refractivity contribution in [3.8, 4) is 0 Å². The van der Waals surface area contributed by atoms with Crippen molar-refractivity contribution in [2.75, 3.05) is 0 Å². The number of carboxylic acid groups (broad SMARTS) is 1. The zero-order valence-electron chi connectivity index (χ0n) is 13.6. The van der Waals surface area contributed by atoms with Crippen molar-refractivity contribution in [2.45, 2.75) is 64.1 Å². The Morgan fingerprint density at radius 1 is 1.17 bits per heavy atom. The first-order valence-electron chi connectivity index (χ1n) is 8.37. The van der Waals surface area contributed by atoms with E-state index in [1.165, 1.54) is 12.8 Å². The van der Waals surface area contributed by atoms with E-state index < -0.39 is 18.2 Å². The number of ether oxygens (including phenoxy) is 1. The van der Waals surface area contributed by atoms with Gasteiger partial charge in [0.05, 0.1) is 6.04 Å². The van der Waals surface area contributed by atoms with Crippen molar-refractivity contribution < 1.29 is 19.4 Å². The number of hydrogen-bond acceptors (Lipinski definition) is 3. The molecule has 0 unspecified atom stereocenters. The van der Waals surface area contributed by atoms with Crippen molar-refractivity contribution in [3.63, 3.8) is 0 Å². The van der Waals surface area contributed by atoms with Gasteiger partial charge in [0, 0.05) is 6.54 Å². The van der Waals surface area contributed by atoms with Gasteiger partial charge in [0.15, 0.2) is 0 Å². The molecule has 1 saturated heterocycles. The smallest absolute Gasteiger partial charge is 0.411 e. The molecule has 1 heterocycles. The minimum Gasteiger partial charge on any atom is -0.478 e. The number of hydrogen-bond donors (Lipinski definition) is 1. The molecule has 1 aliphatic heterocycles. The van der Waals surface area contributed by atoms with E-state index in [9.17, 15) is 14.7 Å². The Hall–Kier alpha value is -2.04. The average Bonchev–Trinajstić information content (AvgIpc) is 2.85. The maximum absolute atomic E-state index is 12.1. The maximum Gasteiger partial charge on any atom is 0.411 e. The summed E-state index contributed by atoms with van der Waals surface area (Å²) in [5.41, 5.74) is 0.978. The molecular weight excluding hydrogens is 294 g/mol. The fourth-order valence-corrected chi connectivity index (χ4v) is 2.99. The molecule has 2 atom stereocenters. The van der Waals surface area contributed by atoms with Gasteiger partial charge < -0.3 is 9.84 Å². The summed E-state index contributed by atoms with van der Waals surface area (Å²) in [7, 11) is 0. The number of unbranched alkanes of at least 4 members (excludes halogenated alkanes) is 4. The van der Waals surface area contributed by atoms with Crippen molar-refractivity contribution in [3.05, 3.63) is 35.9 Å². The third kappa shape index (κ3) is 4.71. The molecule has 0 radical (unpaired) electrons. The van der Waals surface area contributed by atoms with Crippen LogP contribution in [0.4, 0.5) is 4.79 Å². The van der Waals surface area contributed by atoms with Gasteiger partial charge in [0.2, 0.25) is 6.10 Å². The second-order valence-corrected chi connectivity index (χ2v) is 6.03. The topological polar surface area (TPSA) is 66.8 Å². The number of carbonyl (C=O) groups excluding carboxylic acids is 1. The largest absolute Gasteiger partial charge is 0.478 e. The highest BCUT2D eigenvalue weighted by molar-refractivity contribution is 5.82. The van der Waals surface area contributed by atoms with Gasteiger partial charge in [-0.1, -0.05) is 69.4 Å². The third-order valence-corrected chi connectivity index (χ3v) is 4.25. The van der Waals surface area contributed by atoms with Crippen molar-refractivity contribution in [1.82, 2.24) is 4.90 Å². The second kappa shape index (κ2) is 8.56. The average molecular weight is 319 g/mol. The number of carbonyl (C=O) groups is 2. The van der Waals surface area contributed by atoms with Gasteiger partial charge >= 0.3 is 12.1 Å². The lowest BCUT2D eigenvalue weighted by Crippen LogP contribution is -2.39. The lowest BCUT2D eigenvalue weighted by Gasteiger charge is -2.23. The van der Waals surface area contributed by atoms with E-state index in [4.69, 9.17) is 4.74 Å². The highest BCUT2D eigenvalue weighted by Gasteiger charge is 2.45. The number of aliphatic carboxylic acids is 1. The molecule has 1 fully saturated rings. The molecule has 1 N–H and O–H groups in total. The molecule has 0 spiro atoms. The van der Waals surface area contributed by atoms with E-state index in [0.29, 0.717) is 13.0 Å². The summed E-state index contributed by atoms with van der Waals surface area (Å²) in [4.78, 5) is 25.0. The molecule has 5 nitrogen and oxygen atoms in total. The fourth-order valence-electron chi connectivity index (χ4n) is 2.99. The number of nitrogens with zero attached hydrogens (tertiary/aromatic N) is 1. The van der Waals surface area contributed by atoms with E-state index in [1.54, 1.807) is 4.90 Å². The van der Waals surface area contributed by atoms with Gasteiger partial charge in [-0.25, -0.2) is 9.59 Å². The minimum absolute atomic E-state index is 0.387. The lowest BCUT2D eigenvalue weighted by molar-refractivity contribution is -0.146. The molecule has 1 aliphatic rings. The van der Waals surface area contributed by atoms with Gasteiger partial charge in [-0.15, -0.1) is 0 Å². The summed E-state index contributed by atoms with van der Waals surface area (Å²) in [5, 5.41) is 9.32. The molecule has 23 heavy (non-hydrogen) atoms. The van der Waals surface area contributed by atoms with Crippen LogP contribution in [0.15, 0.2) is 30.3 Å². The Balaban J connectivity index is 2.00. The molecule has 1 amide bonds. The van der Waals surface area contributed by atoms with Crippen LogP contribution in [0.2, 0.25) is 0 Å². The van der Waals surface area contributed by atoms with Gasteiger partial charge in [-0.2, -0.15) is 0 Å². The molecule has 0 bridgehead atoms. The minimum atomic E-state index is -1.06. The van der Waals surface area contributed by atoms with Crippen LogP contribution in [0.3, 0.4) is 0 Å². The van der Waals surface area contributed by atoms with Crippen molar-refractivity contribution >= 4 is 12.1 Å². The van der Waals surface area contributed by atoms with Crippen LogP contribution < -0.4 is 0 Å². The monoisotopic (exact) mass is 319 g/mol. The van der Waals surface area contributed by atoms with Crippen LogP contribution >= 0.6 is 0 Å². The Bertz CT molecular complexity index is 517. The molecule has 0 aliphatic carbocycles. The molecular formula is C18H25NO4. The predicted molar refractivity (Wildman–Crippen MR) is 87.1 cm³/mol. The van der Waals surface area contributed by atoms with Gasteiger partial charge in [0.25, 0.3) is 0 Å². The van der Waals surface area contributed by atoms with E-state index >= 15 is 0 Å². The molecule has 5 heteroatoms. The molecule has 0 saturated carbocycles. The van der Waals surface area contributed by atoms with Crippen LogP contribution in [-0.2, 0) is 16.1 Å². The van der Waals surface area contributed by atoms with Crippen LogP contribution in [0.5, 0.6) is 0 Å². The highest BCUT2D eigenvalue weighted by Crippen LogP contribution is 2.26. The Morgan fingerprint density at radius 2 is 1.87 bits per heavy atom. The Morgan fingerprint density at radius 3 is 2.52 bits per heavy atom. The summed E-state index contributed by atoms with van der Waals surface area (Å²) in [6, 6.07) is 9.20. The predicted octanol–water partition coefficient (Wildman–Crippen LogP) is 3.82. The third-order valence-electron chi connectivity index (χ3n) is 4.25. The van der Waals surface area contributed by atoms with Crippen LogP contribution in [-0.4, -0.2) is 34.2 Å². The van der Waals surface area contributed by atoms with E-state index in [0.717, 1.165) is 24.8 Å². The number of rotatable bonds is 9. The number of amides is 1. The quantitative estimate of drug-likeness (QED) is 0.703. The SMILES string of the molecule is CCCCCCC[C@@H]1[C@@H](C(=O)O)OC(=O)N1Cc1ccccc1. The summed E-state index contributed by atoms with van der Waals surface area (Å²) in [5.74, 6) is -1.06. The fraction of sp³-hybridized carbons (Fsp3) is 0.556. The highest BCUT2D eigenvalue weighted by atomic mass is 16.6. The van der Waals surface area contributed by atoms with Crippen LogP contribution in [0, 0.1) is 0 Å². The van der Waals surface area contributed by atoms with Crippen LogP contribution in [0.25, 0.3) is 0 Å². The van der Waals surface area contributed by atoms with Crippen molar-refractivity contribution in [2.24, 2.45) is 0 Å². The zero-order chi connectivity index (χ0) is 16.7. The Kier molecular flexibility index (Phi) is 6.44. The van der Waals surface area contributed by atoms with Gasteiger partial charge in [-0.3, -0.25) is 4.90 Å². The summed E-state index contributed by atoms with van der Waals surface area (Å²) in [6.07, 6.45) is 4.56. The first kappa shape index (κ1) is 17.3. The molecule has 1 aromatic carbocycles. The number of benzene rings is 1. The molecule has 1 aromatic rings. The Labute approximate surface area is 137 Å². The van der Waals surface area contributed by atoms with Crippen molar-refractivity contribution in [1.29, 1.82) is 0 Å². The molecule has 0 aromatic heterocycles. The lowest BCUT2D eigenvalue weighted by atomic mass is 10.0. The second-order valence-electron chi connectivity index (χ2n) is 6.03. The van der Waals surface area contributed by atoms with E-state index in [2.05, 4.69) is 6.92 Å². The summed E-state index contributed by atoms with van der Waals surface area (Å²) < 4.78 is 5.09. The molecule has 126 valence electrons. The van der Waals surface area contributed by atoms with Gasteiger partial charge in [-0.05, 0) is 12.0 Å².